The first-order valence-corrected chi connectivity index (χ1v) is 5.97. The summed E-state index contributed by atoms with van der Waals surface area (Å²) in [6.45, 7) is 1.60. The van der Waals surface area contributed by atoms with Crippen LogP contribution in [0.5, 0.6) is 0 Å². The molecule has 98 valence electrons. The summed E-state index contributed by atoms with van der Waals surface area (Å²) in [7, 11) is 0. The summed E-state index contributed by atoms with van der Waals surface area (Å²) >= 11 is 5.86. The zero-order valence-corrected chi connectivity index (χ0v) is 11.0. The van der Waals surface area contributed by atoms with Gasteiger partial charge in [-0.25, -0.2) is 4.39 Å². The van der Waals surface area contributed by atoms with Gasteiger partial charge in [-0.15, -0.1) is 0 Å². The van der Waals surface area contributed by atoms with Crippen LogP contribution in [0.4, 0.5) is 15.8 Å². The van der Waals surface area contributed by atoms with Crippen molar-refractivity contribution in [3.05, 3.63) is 58.4 Å². The van der Waals surface area contributed by atoms with E-state index in [4.69, 9.17) is 17.3 Å². The number of carbonyl (C=O) groups is 1. The van der Waals surface area contributed by atoms with E-state index < -0.39 is 0 Å². The van der Waals surface area contributed by atoms with Crippen LogP contribution in [-0.2, 0) is 0 Å². The van der Waals surface area contributed by atoms with Gasteiger partial charge in [0.2, 0.25) is 0 Å². The molecular weight excluding hydrogens is 267 g/mol. The summed E-state index contributed by atoms with van der Waals surface area (Å²) in [6, 6.07) is 8.99. The van der Waals surface area contributed by atoms with Crippen LogP contribution >= 0.6 is 11.6 Å². The van der Waals surface area contributed by atoms with Gasteiger partial charge in [-0.05, 0) is 48.9 Å². The molecule has 3 nitrogen and oxygen atoms in total. The number of rotatable bonds is 2. The standard InChI is InChI=1S/C14H12ClFN2O/c1-8-6-9(2-4-12(8)16)14(19)18-10-3-5-13(17)11(15)7-10/h2-7H,17H2,1H3,(H,18,19). The largest absolute Gasteiger partial charge is 0.398 e. The van der Waals surface area contributed by atoms with Gasteiger partial charge in [-0.3, -0.25) is 4.79 Å². The van der Waals surface area contributed by atoms with Gasteiger partial charge in [0.1, 0.15) is 5.82 Å². The fourth-order valence-corrected chi connectivity index (χ4v) is 1.77. The molecule has 0 atom stereocenters. The molecule has 3 N–H and O–H groups in total. The quantitative estimate of drug-likeness (QED) is 0.824. The van der Waals surface area contributed by atoms with Crippen LogP contribution in [0.2, 0.25) is 5.02 Å². The van der Waals surface area contributed by atoms with Crippen molar-refractivity contribution in [3.8, 4) is 0 Å². The second-order valence-electron chi connectivity index (χ2n) is 4.15. The van der Waals surface area contributed by atoms with E-state index in [-0.39, 0.29) is 11.7 Å². The van der Waals surface area contributed by atoms with Crippen molar-refractivity contribution in [2.45, 2.75) is 6.92 Å². The number of nitrogens with two attached hydrogens (primary N) is 1. The molecule has 5 heteroatoms. The molecule has 0 radical (unpaired) electrons. The lowest BCUT2D eigenvalue weighted by Crippen LogP contribution is -2.12. The Labute approximate surface area is 115 Å². The summed E-state index contributed by atoms with van der Waals surface area (Å²) in [5.41, 5.74) is 7.36. The lowest BCUT2D eigenvalue weighted by atomic mass is 10.1. The molecule has 0 aliphatic heterocycles. The van der Waals surface area contributed by atoms with Crippen molar-refractivity contribution >= 4 is 28.9 Å². The highest BCUT2D eigenvalue weighted by atomic mass is 35.5. The van der Waals surface area contributed by atoms with E-state index in [0.717, 1.165) is 0 Å². The lowest BCUT2D eigenvalue weighted by molar-refractivity contribution is 0.102. The third-order valence-corrected chi connectivity index (χ3v) is 3.01. The summed E-state index contributed by atoms with van der Waals surface area (Å²) in [6.07, 6.45) is 0. The monoisotopic (exact) mass is 278 g/mol. The van der Waals surface area contributed by atoms with Crippen molar-refractivity contribution in [1.82, 2.24) is 0 Å². The van der Waals surface area contributed by atoms with E-state index in [2.05, 4.69) is 5.32 Å². The maximum atomic E-state index is 13.1. The normalized spacial score (nSPS) is 10.3. The molecule has 2 rings (SSSR count). The number of amides is 1. The van der Waals surface area contributed by atoms with Gasteiger partial charge in [-0.1, -0.05) is 11.6 Å². The second-order valence-corrected chi connectivity index (χ2v) is 4.56. The number of carbonyl (C=O) groups excluding carboxylic acids is 1. The number of nitrogen functional groups attached to an aromatic ring is 1. The SMILES string of the molecule is Cc1cc(C(=O)Nc2ccc(N)c(Cl)c2)ccc1F. The molecule has 0 spiro atoms. The van der Waals surface area contributed by atoms with E-state index in [1.165, 1.54) is 18.2 Å². The molecule has 0 aliphatic rings. The van der Waals surface area contributed by atoms with E-state index in [1.54, 1.807) is 25.1 Å². The molecular formula is C14H12ClFN2O. The number of aryl methyl sites for hydroxylation is 1. The maximum Gasteiger partial charge on any atom is 0.255 e. The molecule has 0 aliphatic carbocycles. The zero-order valence-electron chi connectivity index (χ0n) is 10.2. The minimum Gasteiger partial charge on any atom is -0.398 e. The van der Waals surface area contributed by atoms with E-state index >= 15 is 0 Å². The highest BCUT2D eigenvalue weighted by Gasteiger charge is 2.09. The van der Waals surface area contributed by atoms with Gasteiger partial charge in [0.25, 0.3) is 5.91 Å². The Morgan fingerprint density at radius 1 is 1.26 bits per heavy atom. The summed E-state index contributed by atoms with van der Waals surface area (Å²) in [5.74, 6) is -0.670. The van der Waals surface area contributed by atoms with Gasteiger partial charge in [0.05, 0.1) is 10.7 Å². The van der Waals surface area contributed by atoms with Crippen LogP contribution in [-0.4, -0.2) is 5.91 Å². The maximum absolute atomic E-state index is 13.1. The highest BCUT2D eigenvalue weighted by Crippen LogP contribution is 2.23. The first kappa shape index (κ1) is 13.4. The predicted octanol–water partition coefficient (Wildman–Crippen LogP) is 3.62. The summed E-state index contributed by atoms with van der Waals surface area (Å²) < 4.78 is 13.1. The van der Waals surface area contributed by atoms with E-state index in [0.29, 0.717) is 27.5 Å². The molecule has 0 saturated heterocycles. The van der Waals surface area contributed by atoms with Crippen molar-refractivity contribution < 1.29 is 9.18 Å². The number of halogens is 2. The third-order valence-electron chi connectivity index (χ3n) is 2.68. The fourth-order valence-electron chi connectivity index (χ4n) is 1.59. The Kier molecular flexibility index (Phi) is 3.71. The Hall–Kier alpha value is -2.07. The van der Waals surface area contributed by atoms with Crippen molar-refractivity contribution in [2.24, 2.45) is 0 Å². The van der Waals surface area contributed by atoms with Crippen molar-refractivity contribution in [3.63, 3.8) is 0 Å². The highest BCUT2D eigenvalue weighted by molar-refractivity contribution is 6.33. The van der Waals surface area contributed by atoms with Crippen LogP contribution < -0.4 is 11.1 Å². The van der Waals surface area contributed by atoms with Crippen LogP contribution in [0.1, 0.15) is 15.9 Å². The zero-order chi connectivity index (χ0) is 14.0. The second kappa shape index (κ2) is 5.28. The van der Waals surface area contributed by atoms with Crippen LogP contribution in [0.25, 0.3) is 0 Å². The van der Waals surface area contributed by atoms with Crippen molar-refractivity contribution in [2.75, 3.05) is 11.1 Å². The van der Waals surface area contributed by atoms with Gasteiger partial charge in [0.15, 0.2) is 0 Å². The van der Waals surface area contributed by atoms with Crippen LogP contribution in [0, 0.1) is 12.7 Å². The topological polar surface area (TPSA) is 55.1 Å². The first-order valence-electron chi connectivity index (χ1n) is 5.60. The van der Waals surface area contributed by atoms with Gasteiger partial charge in [0, 0.05) is 11.3 Å². The molecule has 2 aromatic rings. The predicted molar refractivity (Wildman–Crippen MR) is 75.0 cm³/mol. The van der Waals surface area contributed by atoms with Gasteiger partial charge < -0.3 is 11.1 Å². The average Bonchev–Trinajstić information content (AvgIpc) is 2.37. The van der Waals surface area contributed by atoms with E-state index in [1.807, 2.05) is 0 Å². The minimum atomic E-state index is -0.341. The molecule has 19 heavy (non-hydrogen) atoms. The van der Waals surface area contributed by atoms with Crippen LogP contribution in [0.15, 0.2) is 36.4 Å². The van der Waals surface area contributed by atoms with Gasteiger partial charge >= 0.3 is 0 Å². The number of benzene rings is 2. The average molecular weight is 279 g/mol. The number of anilines is 2. The Bertz CT molecular complexity index is 643. The number of hydrogen-bond acceptors (Lipinski definition) is 2. The van der Waals surface area contributed by atoms with Crippen LogP contribution in [0.3, 0.4) is 0 Å². The number of hydrogen-bond donors (Lipinski definition) is 2. The molecule has 0 fully saturated rings. The Morgan fingerprint density at radius 2 is 2.00 bits per heavy atom. The van der Waals surface area contributed by atoms with Gasteiger partial charge in [-0.2, -0.15) is 0 Å². The molecule has 1 amide bonds. The Morgan fingerprint density at radius 3 is 2.63 bits per heavy atom. The minimum absolute atomic E-state index is 0.330. The number of nitrogens with one attached hydrogen (secondary N) is 1. The Balaban J connectivity index is 2.20. The molecule has 2 aromatic carbocycles. The summed E-state index contributed by atoms with van der Waals surface area (Å²) in [4.78, 5) is 12.0. The first-order chi connectivity index (χ1) is 8.97. The van der Waals surface area contributed by atoms with Crippen molar-refractivity contribution in [1.29, 1.82) is 0 Å². The van der Waals surface area contributed by atoms with E-state index in [9.17, 15) is 9.18 Å². The molecule has 0 bridgehead atoms. The third kappa shape index (κ3) is 3.03. The lowest BCUT2D eigenvalue weighted by Gasteiger charge is -2.07. The fraction of sp³-hybridized carbons (Fsp3) is 0.0714. The molecule has 0 heterocycles. The smallest absolute Gasteiger partial charge is 0.255 e. The molecule has 0 unspecified atom stereocenters. The molecule has 0 saturated carbocycles. The summed E-state index contributed by atoms with van der Waals surface area (Å²) in [5, 5.41) is 3.04. The molecule has 0 aromatic heterocycles.